The van der Waals surface area contributed by atoms with Crippen molar-refractivity contribution >= 4 is 26.8 Å². The van der Waals surface area contributed by atoms with Crippen LogP contribution in [0.2, 0.25) is 0 Å². The molecule has 1 aromatic heterocycles. The summed E-state index contributed by atoms with van der Waals surface area (Å²) in [7, 11) is -0.0652. The van der Waals surface area contributed by atoms with Gasteiger partial charge >= 0.3 is 0 Å². The van der Waals surface area contributed by atoms with Gasteiger partial charge in [-0.25, -0.2) is 18.1 Å². The molecule has 0 aliphatic heterocycles. The fraction of sp³-hybridized carbons (Fsp3) is 0.364. The van der Waals surface area contributed by atoms with E-state index in [0.29, 0.717) is 29.5 Å². The second-order valence-corrected chi connectivity index (χ2v) is 13.0. The number of amides is 1. The minimum Gasteiger partial charge on any atom is -0.309 e. The first-order chi connectivity index (χ1) is 20.0. The van der Waals surface area contributed by atoms with Gasteiger partial charge in [-0.15, -0.1) is 0 Å². The predicted octanol–water partition coefficient (Wildman–Crippen LogP) is 5.47. The minimum absolute atomic E-state index is 0.0473. The summed E-state index contributed by atoms with van der Waals surface area (Å²) in [6.45, 7) is 7.27. The molecule has 0 aliphatic carbocycles. The maximum atomic E-state index is 13.5. The van der Waals surface area contributed by atoms with E-state index in [9.17, 15) is 18.0 Å². The molecular formula is C33H40N4O4S. The van der Waals surface area contributed by atoms with Crippen LogP contribution in [-0.2, 0) is 21.4 Å². The van der Waals surface area contributed by atoms with E-state index < -0.39 is 15.9 Å². The van der Waals surface area contributed by atoms with Crippen LogP contribution in [0.3, 0.4) is 0 Å². The Labute approximate surface area is 248 Å². The first-order valence-electron chi connectivity index (χ1n) is 14.4. The Balaban J connectivity index is 1.55. The fourth-order valence-electron chi connectivity index (χ4n) is 5.06. The Morgan fingerprint density at radius 2 is 1.67 bits per heavy atom. The molecule has 4 rings (SSSR count). The average Bonchev–Trinajstić information content (AvgIpc) is 2.94. The monoisotopic (exact) mass is 588 g/mol. The van der Waals surface area contributed by atoms with E-state index in [4.69, 9.17) is 4.98 Å². The number of sulfonamides is 1. The molecule has 0 radical (unpaired) electrons. The second-order valence-electron chi connectivity index (χ2n) is 11.3. The average molecular weight is 589 g/mol. The summed E-state index contributed by atoms with van der Waals surface area (Å²) in [5, 5.41) is 0.589. The van der Waals surface area contributed by atoms with Gasteiger partial charge < -0.3 is 4.90 Å². The van der Waals surface area contributed by atoms with Crippen LogP contribution in [0.15, 0.2) is 76.4 Å². The van der Waals surface area contributed by atoms with E-state index in [-0.39, 0.29) is 22.8 Å². The topological polar surface area (TPSA) is 101 Å². The number of carbonyl (C=O) groups excluding carboxylic acids is 1. The van der Waals surface area contributed by atoms with Crippen molar-refractivity contribution < 1.29 is 13.2 Å². The van der Waals surface area contributed by atoms with Crippen LogP contribution in [0, 0.1) is 6.92 Å². The molecule has 0 aliphatic rings. The van der Waals surface area contributed by atoms with Crippen LogP contribution in [-0.4, -0.2) is 49.4 Å². The van der Waals surface area contributed by atoms with Crippen molar-refractivity contribution in [3.8, 4) is 11.1 Å². The minimum atomic E-state index is -4.06. The highest BCUT2D eigenvalue weighted by atomic mass is 32.2. The molecule has 0 saturated heterocycles. The Hall–Kier alpha value is -3.82. The standard InChI is InChI=1S/C33H40N4O4S/c1-23(2)32-34-31-24(3)12-11-14-28(31)33(39)37(32)22-25-17-19-26(20-18-25)27-13-8-9-15-29(27)42(40,41)35-30(38)16-7-6-10-21-36(4)5/h8-9,11-15,17-20,23H,6-7,10,16,21-22H2,1-5H3,(H,35,38). The molecule has 9 heteroatoms. The molecule has 0 fully saturated rings. The van der Waals surface area contributed by atoms with E-state index in [0.717, 1.165) is 41.9 Å². The van der Waals surface area contributed by atoms with Gasteiger partial charge in [0.25, 0.3) is 15.6 Å². The van der Waals surface area contributed by atoms with Crippen molar-refractivity contribution in [2.75, 3.05) is 20.6 Å². The molecule has 222 valence electrons. The number of nitrogens with one attached hydrogen (secondary N) is 1. The van der Waals surface area contributed by atoms with Gasteiger partial charge in [-0.05, 0) is 69.2 Å². The highest BCUT2D eigenvalue weighted by molar-refractivity contribution is 7.90. The molecule has 42 heavy (non-hydrogen) atoms. The predicted molar refractivity (Wildman–Crippen MR) is 168 cm³/mol. The quantitative estimate of drug-likeness (QED) is 0.220. The highest BCUT2D eigenvalue weighted by Crippen LogP contribution is 2.28. The summed E-state index contributed by atoms with van der Waals surface area (Å²) in [4.78, 5) is 32.9. The van der Waals surface area contributed by atoms with Crippen LogP contribution < -0.4 is 10.3 Å². The molecule has 0 bridgehead atoms. The third kappa shape index (κ3) is 7.33. The zero-order valence-corrected chi connectivity index (χ0v) is 25.9. The van der Waals surface area contributed by atoms with Crippen LogP contribution in [0.4, 0.5) is 0 Å². The number of aryl methyl sites for hydroxylation is 1. The number of aromatic nitrogens is 2. The molecule has 0 unspecified atom stereocenters. The Bertz CT molecular complexity index is 1730. The van der Waals surface area contributed by atoms with Crippen LogP contribution >= 0.6 is 0 Å². The van der Waals surface area contributed by atoms with Gasteiger partial charge in [0.2, 0.25) is 5.91 Å². The molecule has 0 atom stereocenters. The summed E-state index contributed by atoms with van der Waals surface area (Å²) in [6.07, 6.45) is 2.60. The fourth-order valence-corrected chi connectivity index (χ4v) is 6.30. The number of unbranched alkanes of at least 4 members (excludes halogenated alkanes) is 2. The van der Waals surface area contributed by atoms with Gasteiger partial charge in [0, 0.05) is 17.9 Å². The normalized spacial score (nSPS) is 11.9. The number of hydrogen-bond acceptors (Lipinski definition) is 6. The van der Waals surface area contributed by atoms with Crippen molar-refractivity contribution in [1.82, 2.24) is 19.2 Å². The van der Waals surface area contributed by atoms with Gasteiger partial charge in [0.1, 0.15) is 5.82 Å². The molecular weight excluding hydrogens is 548 g/mol. The third-order valence-electron chi connectivity index (χ3n) is 7.27. The van der Waals surface area contributed by atoms with Crippen LogP contribution in [0.5, 0.6) is 0 Å². The maximum Gasteiger partial charge on any atom is 0.264 e. The highest BCUT2D eigenvalue weighted by Gasteiger charge is 2.22. The summed E-state index contributed by atoms with van der Waals surface area (Å²) in [5.41, 5.74) is 3.69. The lowest BCUT2D eigenvalue weighted by Crippen LogP contribution is -2.30. The maximum absolute atomic E-state index is 13.5. The lowest BCUT2D eigenvalue weighted by atomic mass is 10.0. The number of rotatable bonds is 12. The first kappa shape index (κ1) is 31.1. The summed E-state index contributed by atoms with van der Waals surface area (Å²) in [5.74, 6) is 0.262. The zero-order valence-electron chi connectivity index (χ0n) is 25.1. The number of carbonyl (C=O) groups is 1. The lowest BCUT2D eigenvalue weighted by molar-refractivity contribution is -0.119. The molecule has 0 spiro atoms. The molecule has 4 aromatic rings. The molecule has 0 saturated carbocycles. The molecule has 1 N–H and O–H groups in total. The van der Waals surface area contributed by atoms with E-state index in [2.05, 4.69) is 9.62 Å². The van der Waals surface area contributed by atoms with Gasteiger partial charge in [-0.1, -0.05) is 74.9 Å². The smallest absolute Gasteiger partial charge is 0.264 e. The van der Waals surface area contributed by atoms with Gasteiger partial charge in [0.05, 0.1) is 22.3 Å². The van der Waals surface area contributed by atoms with Crippen molar-refractivity contribution in [2.45, 2.75) is 63.8 Å². The Morgan fingerprint density at radius 3 is 2.36 bits per heavy atom. The van der Waals surface area contributed by atoms with E-state index in [1.54, 1.807) is 22.8 Å². The molecule has 1 amide bonds. The van der Waals surface area contributed by atoms with Crippen LogP contribution in [0.1, 0.15) is 62.4 Å². The van der Waals surface area contributed by atoms with Crippen molar-refractivity contribution in [3.05, 3.63) is 94.0 Å². The van der Waals surface area contributed by atoms with Crippen LogP contribution in [0.25, 0.3) is 22.0 Å². The van der Waals surface area contributed by atoms with Gasteiger partial charge in [-0.3, -0.25) is 14.2 Å². The second kappa shape index (κ2) is 13.4. The summed E-state index contributed by atoms with van der Waals surface area (Å²) in [6, 6.07) is 19.8. The molecule has 3 aromatic carbocycles. The van der Waals surface area contributed by atoms with Gasteiger partial charge in [0.15, 0.2) is 0 Å². The van der Waals surface area contributed by atoms with Crippen molar-refractivity contribution in [1.29, 1.82) is 0 Å². The first-order valence-corrected chi connectivity index (χ1v) is 15.8. The zero-order chi connectivity index (χ0) is 30.4. The number of nitrogens with zero attached hydrogens (tertiary/aromatic N) is 3. The van der Waals surface area contributed by atoms with E-state index in [1.807, 2.05) is 77.3 Å². The largest absolute Gasteiger partial charge is 0.309 e. The number of hydrogen-bond donors (Lipinski definition) is 1. The summed E-state index contributed by atoms with van der Waals surface area (Å²) < 4.78 is 30.4. The molecule has 8 nitrogen and oxygen atoms in total. The van der Waals surface area contributed by atoms with Crippen molar-refractivity contribution in [3.63, 3.8) is 0 Å². The molecule has 1 heterocycles. The number of fused-ring (bicyclic) bond motifs is 1. The van der Waals surface area contributed by atoms with Crippen molar-refractivity contribution in [2.24, 2.45) is 0 Å². The lowest BCUT2D eigenvalue weighted by Gasteiger charge is -2.17. The van der Waals surface area contributed by atoms with E-state index >= 15 is 0 Å². The SMILES string of the molecule is Cc1cccc2c(=O)n(Cc3ccc(-c4ccccc4S(=O)(=O)NC(=O)CCCCCN(C)C)cc3)c(C(C)C)nc12. The van der Waals surface area contributed by atoms with Gasteiger partial charge in [-0.2, -0.15) is 0 Å². The third-order valence-corrected chi connectivity index (χ3v) is 8.70. The Kier molecular flexibility index (Phi) is 9.96. The summed E-state index contributed by atoms with van der Waals surface area (Å²) >= 11 is 0. The van der Waals surface area contributed by atoms with E-state index in [1.165, 1.54) is 6.07 Å². The number of benzene rings is 3. The Morgan fingerprint density at radius 1 is 0.952 bits per heavy atom. The number of para-hydroxylation sites is 1.